The molecular formula is C17H20N6O2S. The van der Waals surface area contributed by atoms with E-state index in [-0.39, 0.29) is 10.9 Å². The molecule has 0 fully saturated rings. The minimum absolute atomic E-state index is 0.238. The number of benzene rings is 1. The lowest BCUT2D eigenvalue weighted by Gasteiger charge is -2.18. The summed E-state index contributed by atoms with van der Waals surface area (Å²) in [6, 6.07) is 7.33. The Balaban J connectivity index is 1.59. The van der Waals surface area contributed by atoms with Crippen molar-refractivity contribution in [1.82, 2.24) is 29.4 Å². The van der Waals surface area contributed by atoms with Crippen LogP contribution in [-0.2, 0) is 23.1 Å². The molecule has 3 heterocycles. The Morgan fingerprint density at radius 3 is 3.04 bits per heavy atom. The third-order valence-corrected chi connectivity index (χ3v) is 6.08. The highest BCUT2D eigenvalue weighted by Gasteiger charge is 2.26. The van der Waals surface area contributed by atoms with Gasteiger partial charge in [0.1, 0.15) is 4.90 Å². The summed E-state index contributed by atoms with van der Waals surface area (Å²) in [5, 5.41) is 7.38. The van der Waals surface area contributed by atoms with E-state index in [1.54, 1.807) is 17.2 Å². The number of aromatic nitrogens is 4. The third-order valence-electron chi connectivity index (χ3n) is 4.50. The number of nitrogens with zero attached hydrogens (tertiary/aromatic N) is 4. The van der Waals surface area contributed by atoms with E-state index >= 15 is 0 Å². The van der Waals surface area contributed by atoms with Gasteiger partial charge in [-0.15, -0.1) is 0 Å². The van der Waals surface area contributed by atoms with E-state index in [9.17, 15) is 8.42 Å². The molecule has 0 aliphatic carbocycles. The average molecular weight is 372 g/mol. The number of hydrogen-bond acceptors (Lipinski definition) is 5. The molecule has 1 unspecified atom stereocenters. The highest BCUT2D eigenvalue weighted by molar-refractivity contribution is 7.89. The topological polar surface area (TPSA) is 93.8 Å². The lowest BCUT2D eigenvalue weighted by atomic mass is 10.1. The molecule has 4 rings (SSSR count). The van der Waals surface area contributed by atoms with Gasteiger partial charge in [-0.25, -0.2) is 18.1 Å². The molecule has 1 aliphatic heterocycles. The summed E-state index contributed by atoms with van der Waals surface area (Å²) in [7, 11) is -3.66. The maximum Gasteiger partial charge on any atom is 0.244 e. The molecule has 0 spiro atoms. The first-order valence-electron chi connectivity index (χ1n) is 8.40. The van der Waals surface area contributed by atoms with Crippen molar-refractivity contribution in [3.63, 3.8) is 0 Å². The Bertz CT molecular complexity index is 1010. The molecule has 3 aromatic rings. The van der Waals surface area contributed by atoms with Crippen LogP contribution in [0.4, 0.5) is 0 Å². The second-order valence-electron chi connectivity index (χ2n) is 6.26. The second-order valence-corrected chi connectivity index (χ2v) is 7.95. The summed E-state index contributed by atoms with van der Waals surface area (Å²) in [4.78, 5) is 4.28. The zero-order valence-corrected chi connectivity index (χ0v) is 15.1. The van der Waals surface area contributed by atoms with E-state index in [1.165, 1.54) is 6.20 Å². The average Bonchev–Trinajstić information content (AvgIpc) is 3.31. The predicted octanol–water partition coefficient (Wildman–Crippen LogP) is 1.21. The summed E-state index contributed by atoms with van der Waals surface area (Å²) in [6.45, 7) is 3.80. The SMILES string of the molecule is CC(NS(=O)(=O)c1cnn2c1CNCC2)c1cccc(-n2ccnc2)c1. The Kier molecular flexibility index (Phi) is 4.35. The van der Waals surface area contributed by atoms with Crippen LogP contribution in [0.3, 0.4) is 0 Å². The number of imidazole rings is 1. The molecule has 26 heavy (non-hydrogen) atoms. The van der Waals surface area contributed by atoms with Crippen LogP contribution < -0.4 is 10.0 Å². The predicted molar refractivity (Wildman–Crippen MR) is 96.2 cm³/mol. The van der Waals surface area contributed by atoms with E-state index in [1.807, 2.05) is 42.0 Å². The molecule has 9 heteroatoms. The fraction of sp³-hybridized carbons (Fsp3) is 0.294. The van der Waals surface area contributed by atoms with Crippen molar-refractivity contribution in [2.45, 2.75) is 31.0 Å². The molecule has 0 amide bonds. The molecule has 2 N–H and O–H groups in total. The van der Waals surface area contributed by atoms with Crippen molar-refractivity contribution in [2.24, 2.45) is 0 Å². The largest absolute Gasteiger partial charge is 0.309 e. The Labute approximate surface area is 151 Å². The first kappa shape index (κ1) is 17.0. The van der Waals surface area contributed by atoms with Gasteiger partial charge in [-0.2, -0.15) is 5.10 Å². The summed E-state index contributed by atoms with van der Waals surface area (Å²) in [6.07, 6.45) is 6.69. The molecule has 136 valence electrons. The second kappa shape index (κ2) is 6.67. The minimum Gasteiger partial charge on any atom is -0.309 e. The summed E-state index contributed by atoms with van der Waals surface area (Å²) in [5.41, 5.74) is 2.50. The van der Waals surface area contributed by atoms with E-state index in [0.29, 0.717) is 18.8 Å². The Morgan fingerprint density at radius 2 is 2.23 bits per heavy atom. The molecule has 8 nitrogen and oxygen atoms in total. The van der Waals surface area contributed by atoms with Crippen LogP contribution in [0.25, 0.3) is 5.69 Å². The van der Waals surface area contributed by atoms with E-state index in [0.717, 1.165) is 17.8 Å². The van der Waals surface area contributed by atoms with Gasteiger partial charge < -0.3 is 9.88 Å². The van der Waals surface area contributed by atoms with Crippen LogP contribution >= 0.6 is 0 Å². The van der Waals surface area contributed by atoms with Crippen LogP contribution in [0.5, 0.6) is 0 Å². The highest BCUT2D eigenvalue weighted by atomic mass is 32.2. The van der Waals surface area contributed by atoms with Crippen LogP contribution in [0.2, 0.25) is 0 Å². The normalized spacial score (nSPS) is 15.6. The number of rotatable bonds is 5. The Morgan fingerprint density at radius 1 is 1.35 bits per heavy atom. The molecule has 0 bridgehead atoms. The van der Waals surface area contributed by atoms with Gasteiger partial charge in [0.2, 0.25) is 10.0 Å². The van der Waals surface area contributed by atoms with E-state index in [2.05, 4.69) is 20.1 Å². The first-order chi connectivity index (χ1) is 12.5. The minimum atomic E-state index is -3.66. The summed E-state index contributed by atoms with van der Waals surface area (Å²) in [5.74, 6) is 0. The van der Waals surface area contributed by atoms with Gasteiger partial charge in [0.05, 0.1) is 24.8 Å². The van der Waals surface area contributed by atoms with Gasteiger partial charge in [0.25, 0.3) is 0 Å². The molecule has 0 radical (unpaired) electrons. The van der Waals surface area contributed by atoms with Crippen LogP contribution in [0.15, 0.2) is 54.1 Å². The fourth-order valence-corrected chi connectivity index (χ4v) is 4.51. The fourth-order valence-electron chi connectivity index (χ4n) is 3.11. The zero-order valence-electron chi connectivity index (χ0n) is 14.3. The van der Waals surface area contributed by atoms with Crippen LogP contribution in [-0.4, -0.2) is 34.3 Å². The molecule has 1 aliphatic rings. The summed E-state index contributed by atoms with van der Waals surface area (Å²) < 4.78 is 32.1. The molecule has 0 saturated carbocycles. The van der Waals surface area contributed by atoms with Gasteiger partial charge in [-0.1, -0.05) is 12.1 Å². The lowest BCUT2D eigenvalue weighted by Crippen LogP contribution is -2.32. The van der Waals surface area contributed by atoms with Gasteiger partial charge in [0.15, 0.2) is 0 Å². The molecule has 0 saturated heterocycles. The quantitative estimate of drug-likeness (QED) is 0.702. The standard InChI is InChI=1S/C17H20N6O2S/c1-13(14-3-2-4-15(9-14)22-7-5-19-12-22)21-26(24,25)17-11-20-23-8-6-18-10-16(17)23/h2-5,7,9,11-13,18,21H,6,8,10H2,1H3. The first-order valence-corrected chi connectivity index (χ1v) is 9.89. The van der Waals surface area contributed by atoms with E-state index < -0.39 is 10.0 Å². The molecule has 1 aromatic carbocycles. The van der Waals surface area contributed by atoms with Crippen LogP contribution in [0, 0.1) is 0 Å². The molecular weight excluding hydrogens is 352 g/mol. The van der Waals surface area contributed by atoms with E-state index in [4.69, 9.17) is 0 Å². The van der Waals surface area contributed by atoms with Crippen molar-refractivity contribution in [3.05, 3.63) is 60.4 Å². The maximum atomic E-state index is 12.9. The van der Waals surface area contributed by atoms with Crippen LogP contribution in [0.1, 0.15) is 24.2 Å². The summed E-state index contributed by atoms with van der Waals surface area (Å²) >= 11 is 0. The lowest BCUT2D eigenvalue weighted by molar-refractivity contribution is 0.469. The molecule has 2 aromatic heterocycles. The monoisotopic (exact) mass is 372 g/mol. The maximum absolute atomic E-state index is 12.9. The van der Waals surface area contributed by atoms with Crippen molar-refractivity contribution >= 4 is 10.0 Å². The van der Waals surface area contributed by atoms with Gasteiger partial charge in [-0.3, -0.25) is 4.68 Å². The van der Waals surface area contributed by atoms with Gasteiger partial charge in [0, 0.05) is 37.2 Å². The Hall–Kier alpha value is -2.49. The third kappa shape index (κ3) is 3.16. The van der Waals surface area contributed by atoms with Gasteiger partial charge >= 0.3 is 0 Å². The highest BCUT2D eigenvalue weighted by Crippen LogP contribution is 2.22. The number of nitrogens with one attached hydrogen (secondary N) is 2. The van der Waals surface area contributed by atoms with Crippen molar-refractivity contribution in [2.75, 3.05) is 6.54 Å². The van der Waals surface area contributed by atoms with Crippen molar-refractivity contribution < 1.29 is 8.42 Å². The number of fused-ring (bicyclic) bond motifs is 1. The van der Waals surface area contributed by atoms with Gasteiger partial charge in [-0.05, 0) is 24.6 Å². The smallest absolute Gasteiger partial charge is 0.244 e. The zero-order chi connectivity index (χ0) is 18.1. The number of sulfonamides is 1. The molecule has 1 atom stereocenters. The van der Waals surface area contributed by atoms with Crippen molar-refractivity contribution in [1.29, 1.82) is 0 Å². The van der Waals surface area contributed by atoms with Crippen molar-refractivity contribution in [3.8, 4) is 5.69 Å². The number of hydrogen-bond donors (Lipinski definition) is 2.